The summed E-state index contributed by atoms with van der Waals surface area (Å²) < 4.78 is 11.1. The lowest BCUT2D eigenvalue weighted by Crippen LogP contribution is -2.39. The van der Waals surface area contributed by atoms with Crippen LogP contribution in [-0.2, 0) is 23.9 Å². The topological polar surface area (TPSA) is 130 Å². The number of benzene rings is 1. The summed E-state index contributed by atoms with van der Waals surface area (Å²) >= 11 is 0. The third-order valence-corrected chi connectivity index (χ3v) is 4.90. The molecule has 0 heterocycles. The van der Waals surface area contributed by atoms with Gasteiger partial charge < -0.3 is 24.6 Å². The zero-order valence-electron chi connectivity index (χ0n) is 18.9. The Morgan fingerprint density at radius 2 is 1.62 bits per heavy atom. The summed E-state index contributed by atoms with van der Waals surface area (Å²) in [6, 6.07) is 6.05. The Bertz CT molecular complexity index is 832. The molecule has 2 N–H and O–H groups in total. The molecule has 0 aliphatic rings. The summed E-state index contributed by atoms with van der Waals surface area (Å²) in [6.07, 6.45) is 0.404. The fraction of sp³-hybridized carbons (Fsp3) is 0.478. The van der Waals surface area contributed by atoms with Gasteiger partial charge >= 0.3 is 17.9 Å². The molecule has 32 heavy (non-hydrogen) atoms. The normalized spacial score (nSPS) is 13.5. The van der Waals surface area contributed by atoms with E-state index in [0.717, 1.165) is 0 Å². The lowest BCUT2D eigenvalue weighted by atomic mass is 9.91. The van der Waals surface area contributed by atoms with E-state index in [1.807, 2.05) is 6.92 Å². The zero-order chi connectivity index (χ0) is 24.5. The molecule has 0 aliphatic carbocycles. The summed E-state index contributed by atoms with van der Waals surface area (Å²) in [5.41, 5.74) is -0.0781. The molecule has 0 bridgehead atoms. The van der Waals surface area contributed by atoms with E-state index in [4.69, 9.17) is 19.7 Å². The summed E-state index contributed by atoms with van der Waals surface area (Å²) in [4.78, 5) is 47.8. The van der Waals surface area contributed by atoms with Gasteiger partial charge in [0, 0.05) is 23.2 Å². The summed E-state index contributed by atoms with van der Waals surface area (Å²) in [6.45, 7) is 9.55. The van der Waals surface area contributed by atoms with Crippen molar-refractivity contribution in [2.75, 3.05) is 24.6 Å². The fourth-order valence-corrected chi connectivity index (χ4v) is 2.81. The number of anilines is 1. The third-order valence-electron chi connectivity index (χ3n) is 4.90. The fourth-order valence-electron chi connectivity index (χ4n) is 2.81. The second-order valence-electron chi connectivity index (χ2n) is 7.74. The first-order chi connectivity index (χ1) is 14.9. The minimum absolute atomic E-state index is 0.198. The van der Waals surface area contributed by atoms with Gasteiger partial charge in [-0.3, -0.25) is 14.4 Å². The molecule has 0 saturated carbocycles. The van der Waals surface area contributed by atoms with Crippen molar-refractivity contribution in [3.63, 3.8) is 0 Å². The molecule has 176 valence electrons. The molecule has 0 spiro atoms. The van der Waals surface area contributed by atoms with Crippen LogP contribution in [0.5, 0.6) is 0 Å². The van der Waals surface area contributed by atoms with Gasteiger partial charge in [0.2, 0.25) is 0 Å². The van der Waals surface area contributed by atoms with E-state index in [1.54, 1.807) is 20.8 Å². The van der Waals surface area contributed by atoms with Gasteiger partial charge in [0.05, 0.1) is 6.61 Å². The van der Waals surface area contributed by atoms with E-state index in [2.05, 4.69) is 6.58 Å². The maximum absolute atomic E-state index is 13.1. The smallest absolute Gasteiger partial charge is 0.333 e. The SMILES string of the molecule is C=C(C)C(=O)OC(C)CCOC(C)(CC)C(=O)c1ccc(N(CC(=O)O)CC(=O)O)cc1. The highest BCUT2D eigenvalue weighted by molar-refractivity contribution is 6.02. The Morgan fingerprint density at radius 1 is 1.09 bits per heavy atom. The van der Waals surface area contributed by atoms with Gasteiger partial charge in [-0.2, -0.15) is 0 Å². The molecule has 1 aromatic rings. The molecule has 9 nitrogen and oxygen atoms in total. The van der Waals surface area contributed by atoms with Crippen molar-refractivity contribution < 1.29 is 38.9 Å². The molecule has 0 aliphatic heterocycles. The maximum atomic E-state index is 13.1. The number of carbonyl (C=O) groups excluding carboxylic acids is 2. The van der Waals surface area contributed by atoms with Crippen LogP contribution in [0.25, 0.3) is 0 Å². The lowest BCUT2D eigenvalue weighted by Gasteiger charge is -2.28. The number of hydrogen-bond acceptors (Lipinski definition) is 7. The maximum Gasteiger partial charge on any atom is 0.333 e. The van der Waals surface area contributed by atoms with Crippen LogP contribution in [0.15, 0.2) is 36.4 Å². The van der Waals surface area contributed by atoms with Crippen LogP contribution in [0.2, 0.25) is 0 Å². The van der Waals surface area contributed by atoms with Crippen LogP contribution in [0.3, 0.4) is 0 Å². The molecule has 0 aromatic heterocycles. The third kappa shape index (κ3) is 8.14. The van der Waals surface area contributed by atoms with E-state index in [1.165, 1.54) is 29.2 Å². The highest BCUT2D eigenvalue weighted by atomic mass is 16.5. The van der Waals surface area contributed by atoms with Crippen molar-refractivity contribution in [1.29, 1.82) is 0 Å². The van der Waals surface area contributed by atoms with Gasteiger partial charge in [0.15, 0.2) is 5.78 Å². The molecule has 2 unspecified atom stereocenters. The molecule has 2 atom stereocenters. The first kappa shape index (κ1) is 26.8. The van der Waals surface area contributed by atoms with Gasteiger partial charge in [0.1, 0.15) is 24.8 Å². The number of hydrogen-bond donors (Lipinski definition) is 2. The molecule has 1 rings (SSSR count). The molecule has 0 amide bonds. The minimum atomic E-state index is -1.17. The van der Waals surface area contributed by atoms with Crippen LogP contribution in [-0.4, -0.2) is 65.3 Å². The van der Waals surface area contributed by atoms with Gasteiger partial charge in [-0.05, 0) is 51.5 Å². The summed E-state index contributed by atoms with van der Waals surface area (Å²) in [5.74, 6) is -3.07. The Balaban J connectivity index is 2.84. The monoisotopic (exact) mass is 449 g/mol. The largest absolute Gasteiger partial charge is 0.480 e. The number of esters is 1. The Morgan fingerprint density at radius 3 is 2.06 bits per heavy atom. The predicted molar refractivity (Wildman–Crippen MR) is 118 cm³/mol. The van der Waals surface area contributed by atoms with Gasteiger partial charge in [-0.15, -0.1) is 0 Å². The molecule has 1 aromatic carbocycles. The van der Waals surface area contributed by atoms with Crippen LogP contribution >= 0.6 is 0 Å². The molecule has 0 radical (unpaired) electrons. The van der Waals surface area contributed by atoms with Crippen LogP contribution in [0, 0.1) is 0 Å². The number of ketones is 1. The van der Waals surface area contributed by atoms with Crippen molar-refractivity contribution >= 4 is 29.4 Å². The molecule has 9 heteroatoms. The first-order valence-electron chi connectivity index (χ1n) is 10.2. The predicted octanol–water partition coefficient (Wildman–Crippen LogP) is 2.93. The highest BCUT2D eigenvalue weighted by Crippen LogP contribution is 2.24. The van der Waals surface area contributed by atoms with E-state index in [0.29, 0.717) is 29.7 Å². The molecular weight excluding hydrogens is 418 g/mol. The average Bonchev–Trinajstić information content (AvgIpc) is 2.71. The Labute approximate surface area is 187 Å². The standard InChI is InChI=1S/C23H31NO8/c1-6-23(5,31-12-11-16(4)32-22(30)15(2)3)21(29)17-7-9-18(10-8-17)24(13-19(25)26)14-20(27)28/h7-10,16H,2,6,11-14H2,1,3-5H3,(H,25,26)(H,27,28). The lowest BCUT2D eigenvalue weighted by molar-refractivity contribution is -0.144. The number of nitrogens with zero attached hydrogens (tertiary/aromatic N) is 1. The van der Waals surface area contributed by atoms with Gasteiger partial charge in [-0.25, -0.2) is 4.79 Å². The van der Waals surface area contributed by atoms with Crippen LogP contribution in [0.4, 0.5) is 5.69 Å². The second kappa shape index (κ2) is 12.0. The van der Waals surface area contributed by atoms with E-state index in [-0.39, 0.29) is 12.4 Å². The zero-order valence-corrected chi connectivity index (χ0v) is 18.9. The second-order valence-corrected chi connectivity index (χ2v) is 7.74. The summed E-state index contributed by atoms with van der Waals surface area (Å²) in [7, 11) is 0. The molecule has 0 saturated heterocycles. The molecule has 0 fully saturated rings. The van der Waals surface area contributed by atoms with Crippen molar-refractivity contribution in [1.82, 2.24) is 0 Å². The van der Waals surface area contributed by atoms with Crippen molar-refractivity contribution in [2.24, 2.45) is 0 Å². The Kier molecular flexibility index (Phi) is 10.1. The average molecular weight is 450 g/mol. The van der Waals surface area contributed by atoms with E-state index in [9.17, 15) is 19.2 Å². The first-order valence-corrected chi connectivity index (χ1v) is 10.2. The number of rotatable bonds is 14. The van der Waals surface area contributed by atoms with E-state index < -0.39 is 42.7 Å². The summed E-state index contributed by atoms with van der Waals surface area (Å²) in [5, 5.41) is 18.0. The van der Waals surface area contributed by atoms with Crippen LogP contribution < -0.4 is 4.90 Å². The number of carboxylic acid groups (broad SMARTS) is 2. The van der Waals surface area contributed by atoms with Crippen LogP contribution in [0.1, 0.15) is 50.9 Å². The quantitative estimate of drug-likeness (QED) is 0.250. The number of Topliss-reactive ketones (excluding diaryl/α,β-unsaturated/α-hetero) is 1. The molecular formula is C23H31NO8. The van der Waals surface area contributed by atoms with Crippen molar-refractivity contribution in [3.05, 3.63) is 42.0 Å². The van der Waals surface area contributed by atoms with Gasteiger partial charge in [0.25, 0.3) is 0 Å². The van der Waals surface area contributed by atoms with Gasteiger partial charge in [-0.1, -0.05) is 13.5 Å². The highest BCUT2D eigenvalue weighted by Gasteiger charge is 2.33. The number of aliphatic carboxylic acids is 2. The van der Waals surface area contributed by atoms with E-state index >= 15 is 0 Å². The number of carbonyl (C=O) groups is 4. The number of ether oxygens (including phenoxy) is 2. The van der Waals surface area contributed by atoms with Crippen molar-refractivity contribution in [3.8, 4) is 0 Å². The minimum Gasteiger partial charge on any atom is -0.480 e. The Hall–Kier alpha value is -3.20. The number of carboxylic acids is 2. The van der Waals surface area contributed by atoms with Crippen molar-refractivity contribution in [2.45, 2.75) is 52.2 Å².